The molecule has 1 N–H and O–H groups in total. The van der Waals surface area contributed by atoms with E-state index < -0.39 is 0 Å². The molecule has 1 amide bonds. The molecule has 2 heterocycles. The van der Waals surface area contributed by atoms with Gasteiger partial charge in [0.2, 0.25) is 5.91 Å². The number of benzene rings is 1. The van der Waals surface area contributed by atoms with Gasteiger partial charge in [0.05, 0.1) is 10.2 Å². The minimum absolute atomic E-state index is 0.203. The van der Waals surface area contributed by atoms with E-state index in [2.05, 4.69) is 10.3 Å². The lowest BCUT2D eigenvalue weighted by Crippen LogP contribution is -2.36. The molecule has 21 heavy (non-hydrogen) atoms. The molecule has 0 unspecified atom stereocenters. The number of hydrogen-bond acceptors (Lipinski definition) is 4. The molecule has 0 bridgehead atoms. The van der Waals surface area contributed by atoms with E-state index in [1.165, 1.54) is 29.9 Å². The molecule has 1 aliphatic heterocycles. The second-order valence-electron chi connectivity index (χ2n) is 5.25. The monoisotopic (exact) mass is 307 g/mol. The maximum Gasteiger partial charge on any atom is 0.224 e. The fourth-order valence-electron chi connectivity index (χ4n) is 2.55. The molecule has 1 aromatic carbocycles. The van der Waals surface area contributed by atoms with Gasteiger partial charge in [-0.05, 0) is 31.4 Å². The summed E-state index contributed by atoms with van der Waals surface area (Å²) in [6.07, 6.45) is 3.93. The average Bonchev–Trinajstić information content (AvgIpc) is 2.89. The van der Waals surface area contributed by atoms with Gasteiger partial charge in [-0.15, -0.1) is 0 Å². The van der Waals surface area contributed by atoms with Crippen molar-refractivity contribution in [2.75, 3.05) is 25.0 Å². The van der Waals surface area contributed by atoms with Crippen molar-refractivity contribution in [3.05, 3.63) is 24.0 Å². The number of amides is 1. The first-order chi connectivity index (χ1) is 10.2. The number of fused-ring (bicyclic) bond motifs is 1. The van der Waals surface area contributed by atoms with E-state index >= 15 is 0 Å². The van der Waals surface area contributed by atoms with Crippen LogP contribution in [0.5, 0.6) is 0 Å². The average molecular weight is 307 g/mol. The van der Waals surface area contributed by atoms with Crippen LogP contribution in [0.2, 0.25) is 0 Å². The molecular formula is C15H18FN3OS. The van der Waals surface area contributed by atoms with E-state index in [1.54, 1.807) is 6.07 Å². The first-order valence-electron chi connectivity index (χ1n) is 7.30. The second-order valence-corrected chi connectivity index (χ2v) is 6.28. The van der Waals surface area contributed by atoms with Gasteiger partial charge in [0.25, 0.3) is 0 Å². The van der Waals surface area contributed by atoms with Crippen LogP contribution in [0.3, 0.4) is 0 Å². The Labute approximate surface area is 127 Å². The molecule has 0 atom stereocenters. The van der Waals surface area contributed by atoms with Gasteiger partial charge in [-0.2, -0.15) is 0 Å². The van der Waals surface area contributed by atoms with Crippen molar-refractivity contribution < 1.29 is 9.18 Å². The zero-order valence-electron chi connectivity index (χ0n) is 11.8. The van der Waals surface area contributed by atoms with Crippen LogP contribution >= 0.6 is 11.3 Å². The number of carbonyl (C=O) groups excluding carboxylic acids is 1. The van der Waals surface area contributed by atoms with Crippen LogP contribution in [0.15, 0.2) is 18.2 Å². The molecule has 0 radical (unpaired) electrons. The van der Waals surface area contributed by atoms with Gasteiger partial charge in [-0.1, -0.05) is 11.3 Å². The number of anilines is 1. The molecule has 1 aliphatic rings. The molecule has 0 saturated carbocycles. The standard InChI is InChI=1S/C15H18FN3OS/c16-11-4-5-13-12(10-11)18-15(21-13)17-7-6-14(20)19-8-2-1-3-9-19/h4-5,10H,1-3,6-9H2,(H,17,18). The smallest absolute Gasteiger partial charge is 0.224 e. The quantitative estimate of drug-likeness (QED) is 0.943. The van der Waals surface area contributed by atoms with E-state index in [-0.39, 0.29) is 11.7 Å². The third-order valence-electron chi connectivity index (χ3n) is 3.67. The van der Waals surface area contributed by atoms with Gasteiger partial charge in [-0.3, -0.25) is 4.79 Å². The van der Waals surface area contributed by atoms with Crippen molar-refractivity contribution in [1.29, 1.82) is 0 Å². The summed E-state index contributed by atoms with van der Waals surface area (Å²) < 4.78 is 14.0. The van der Waals surface area contributed by atoms with Crippen LogP contribution in [-0.4, -0.2) is 35.4 Å². The summed E-state index contributed by atoms with van der Waals surface area (Å²) in [6.45, 7) is 2.34. The number of hydrogen-bond donors (Lipinski definition) is 1. The zero-order chi connectivity index (χ0) is 14.7. The topological polar surface area (TPSA) is 45.2 Å². The Kier molecular flexibility index (Phi) is 4.34. The lowest BCUT2D eigenvalue weighted by Gasteiger charge is -2.26. The Morgan fingerprint density at radius 1 is 1.33 bits per heavy atom. The van der Waals surface area contributed by atoms with Crippen LogP contribution < -0.4 is 5.32 Å². The van der Waals surface area contributed by atoms with Crippen molar-refractivity contribution in [2.24, 2.45) is 0 Å². The Balaban J connectivity index is 1.53. The summed E-state index contributed by atoms with van der Waals surface area (Å²) in [7, 11) is 0. The first kappa shape index (κ1) is 14.3. The fourth-order valence-corrected chi connectivity index (χ4v) is 3.43. The Morgan fingerprint density at radius 2 is 2.14 bits per heavy atom. The van der Waals surface area contributed by atoms with Crippen LogP contribution in [0, 0.1) is 5.82 Å². The Hall–Kier alpha value is -1.69. The molecule has 1 saturated heterocycles. The summed E-state index contributed by atoms with van der Waals surface area (Å²) in [5, 5.41) is 3.90. The summed E-state index contributed by atoms with van der Waals surface area (Å²) in [6, 6.07) is 4.59. The number of piperidine rings is 1. The van der Waals surface area contributed by atoms with Gasteiger partial charge in [-0.25, -0.2) is 9.37 Å². The van der Waals surface area contributed by atoms with Crippen molar-refractivity contribution in [3.63, 3.8) is 0 Å². The van der Waals surface area contributed by atoms with Crippen LogP contribution in [0.1, 0.15) is 25.7 Å². The minimum atomic E-state index is -0.278. The lowest BCUT2D eigenvalue weighted by atomic mass is 10.1. The van der Waals surface area contributed by atoms with E-state index in [0.29, 0.717) is 18.5 Å². The third-order valence-corrected chi connectivity index (χ3v) is 4.67. The number of nitrogens with one attached hydrogen (secondary N) is 1. The molecule has 112 valence electrons. The highest BCUT2D eigenvalue weighted by Crippen LogP contribution is 2.26. The number of likely N-dealkylation sites (tertiary alicyclic amines) is 1. The molecule has 1 fully saturated rings. The SMILES string of the molecule is O=C(CCNc1nc2cc(F)ccc2s1)N1CCCCC1. The van der Waals surface area contributed by atoms with Crippen LogP contribution in [-0.2, 0) is 4.79 Å². The molecule has 6 heteroatoms. The van der Waals surface area contributed by atoms with Gasteiger partial charge in [0.1, 0.15) is 5.82 Å². The summed E-state index contributed by atoms with van der Waals surface area (Å²) in [4.78, 5) is 18.3. The van der Waals surface area contributed by atoms with Crippen molar-refractivity contribution in [2.45, 2.75) is 25.7 Å². The van der Waals surface area contributed by atoms with Gasteiger partial charge in [0.15, 0.2) is 5.13 Å². The van der Waals surface area contributed by atoms with Gasteiger partial charge >= 0.3 is 0 Å². The van der Waals surface area contributed by atoms with Crippen LogP contribution in [0.25, 0.3) is 10.2 Å². The van der Waals surface area contributed by atoms with Gasteiger partial charge < -0.3 is 10.2 Å². The highest BCUT2D eigenvalue weighted by Gasteiger charge is 2.15. The number of halogens is 1. The maximum absolute atomic E-state index is 13.1. The normalized spacial score (nSPS) is 15.4. The van der Waals surface area contributed by atoms with E-state index in [4.69, 9.17) is 0 Å². The molecule has 1 aromatic heterocycles. The largest absolute Gasteiger partial charge is 0.361 e. The summed E-state index contributed by atoms with van der Waals surface area (Å²) in [5.41, 5.74) is 0.657. The number of rotatable bonds is 4. The third kappa shape index (κ3) is 3.50. The molecule has 4 nitrogen and oxygen atoms in total. The van der Waals surface area contributed by atoms with Crippen LogP contribution in [0.4, 0.5) is 9.52 Å². The fraction of sp³-hybridized carbons (Fsp3) is 0.467. The van der Waals surface area contributed by atoms with Crippen molar-refractivity contribution >= 4 is 32.6 Å². The number of aromatic nitrogens is 1. The first-order valence-corrected chi connectivity index (χ1v) is 8.12. The molecule has 0 spiro atoms. The number of thiazole rings is 1. The molecule has 2 aromatic rings. The summed E-state index contributed by atoms with van der Waals surface area (Å²) in [5.74, 6) is -0.0750. The Morgan fingerprint density at radius 3 is 2.95 bits per heavy atom. The van der Waals surface area contributed by atoms with Crippen molar-refractivity contribution in [3.8, 4) is 0 Å². The summed E-state index contributed by atoms with van der Waals surface area (Å²) >= 11 is 1.48. The van der Waals surface area contributed by atoms with Gasteiger partial charge in [0, 0.05) is 32.1 Å². The highest BCUT2D eigenvalue weighted by molar-refractivity contribution is 7.22. The minimum Gasteiger partial charge on any atom is -0.361 e. The van der Waals surface area contributed by atoms with Crippen molar-refractivity contribution in [1.82, 2.24) is 9.88 Å². The van der Waals surface area contributed by atoms with E-state index in [9.17, 15) is 9.18 Å². The molecular weight excluding hydrogens is 289 g/mol. The predicted molar refractivity (Wildman–Crippen MR) is 83.1 cm³/mol. The highest BCUT2D eigenvalue weighted by atomic mass is 32.1. The molecule has 3 rings (SSSR count). The zero-order valence-corrected chi connectivity index (χ0v) is 12.6. The number of carbonyl (C=O) groups is 1. The number of nitrogens with zero attached hydrogens (tertiary/aromatic N) is 2. The second kappa shape index (κ2) is 6.39. The van der Waals surface area contributed by atoms with E-state index in [1.807, 2.05) is 4.90 Å². The predicted octanol–water partition coefficient (Wildman–Crippen LogP) is 3.25. The maximum atomic E-state index is 13.1. The lowest BCUT2D eigenvalue weighted by molar-refractivity contribution is -0.131. The Bertz CT molecular complexity index is 637. The molecule has 0 aliphatic carbocycles. The van der Waals surface area contributed by atoms with E-state index in [0.717, 1.165) is 35.8 Å².